The molecule has 8 heteroatoms. The Hall–Kier alpha value is -3.78. The number of hydrogen-bond donors (Lipinski definition) is 2. The Bertz CT molecular complexity index is 1180. The van der Waals surface area contributed by atoms with Crippen LogP contribution in [0.15, 0.2) is 72.4 Å². The van der Waals surface area contributed by atoms with Crippen LogP contribution in [0.5, 0.6) is 0 Å². The number of aromatic nitrogens is 3. The molecule has 0 unspecified atom stereocenters. The maximum Gasteiger partial charge on any atom is 0.270 e. The predicted molar refractivity (Wildman–Crippen MR) is 116 cm³/mol. The number of benzene rings is 2. The van der Waals surface area contributed by atoms with Gasteiger partial charge in [0.15, 0.2) is 0 Å². The van der Waals surface area contributed by atoms with Crippen LogP contribution in [0.25, 0.3) is 16.3 Å². The highest BCUT2D eigenvalue weighted by Gasteiger charge is 2.13. The normalized spacial score (nSPS) is 10.7. The molecule has 30 heavy (non-hydrogen) atoms. The summed E-state index contributed by atoms with van der Waals surface area (Å²) in [5.41, 5.74) is 8.86. The first kappa shape index (κ1) is 19.5. The van der Waals surface area contributed by atoms with E-state index in [1.165, 1.54) is 11.3 Å². The third-order valence-electron chi connectivity index (χ3n) is 4.50. The second-order valence-electron chi connectivity index (χ2n) is 6.62. The molecule has 7 nitrogen and oxygen atoms in total. The lowest BCUT2D eigenvalue weighted by Gasteiger charge is -2.05. The Balaban J connectivity index is 1.37. The summed E-state index contributed by atoms with van der Waals surface area (Å²) in [5, 5.41) is 9.70. The van der Waals surface area contributed by atoms with E-state index in [1.807, 2.05) is 42.6 Å². The summed E-state index contributed by atoms with van der Waals surface area (Å²) < 4.78 is 1.77. The number of amides is 2. The van der Waals surface area contributed by atoms with Crippen LogP contribution in [0.4, 0.5) is 0 Å². The van der Waals surface area contributed by atoms with E-state index < -0.39 is 5.91 Å². The van der Waals surface area contributed by atoms with Crippen molar-refractivity contribution in [1.82, 2.24) is 20.1 Å². The Labute approximate surface area is 177 Å². The summed E-state index contributed by atoms with van der Waals surface area (Å²) >= 11 is 1.40. The number of para-hydroxylation sites is 1. The van der Waals surface area contributed by atoms with Gasteiger partial charge in [0.25, 0.3) is 5.91 Å². The van der Waals surface area contributed by atoms with Gasteiger partial charge in [0.05, 0.1) is 11.9 Å². The molecule has 0 aliphatic rings. The predicted octanol–water partition coefficient (Wildman–Crippen LogP) is 3.07. The molecule has 0 saturated carbocycles. The van der Waals surface area contributed by atoms with E-state index >= 15 is 0 Å². The molecule has 4 aromatic rings. The van der Waals surface area contributed by atoms with Crippen molar-refractivity contribution in [3.63, 3.8) is 0 Å². The van der Waals surface area contributed by atoms with Gasteiger partial charge in [-0.25, -0.2) is 9.67 Å². The summed E-state index contributed by atoms with van der Waals surface area (Å²) in [7, 11) is 0. The Morgan fingerprint density at radius 2 is 1.93 bits per heavy atom. The van der Waals surface area contributed by atoms with Crippen molar-refractivity contribution in [1.29, 1.82) is 0 Å². The Morgan fingerprint density at radius 1 is 1.10 bits per heavy atom. The highest BCUT2D eigenvalue weighted by atomic mass is 32.1. The molecular weight excluding hydrogens is 398 g/mol. The van der Waals surface area contributed by atoms with Crippen molar-refractivity contribution in [3.05, 3.63) is 89.2 Å². The largest absolute Gasteiger partial charge is 0.366 e. The molecule has 0 saturated heterocycles. The van der Waals surface area contributed by atoms with Crippen LogP contribution in [0.3, 0.4) is 0 Å². The van der Waals surface area contributed by atoms with Gasteiger partial charge in [0.2, 0.25) is 5.91 Å². The number of hydrogen-bond acceptors (Lipinski definition) is 5. The van der Waals surface area contributed by atoms with Gasteiger partial charge in [0, 0.05) is 29.2 Å². The minimum absolute atomic E-state index is 0.237. The van der Waals surface area contributed by atoms with Crippen molar-refractivity contribution in [2.45, 2.75) is 6.42 Å². The summed E-state index contributed by atoms with van der Waals surface area (Å²) in [4.78, 5) is 28.1. The van der Waals surface area contributed by atoms with E-state index in [1.54, 1.807) is 34.5 Å². The molecule has 0 radical (unpaired) electrons. The minimum atomic E-state index is -0.466. The van der Waals surface area contributed by atoms with Crippen molar-refractivity contribution in [2.75, 3.05) is 6.54 Å². The Morgan fingerprint density at radius 3 is 2.73 bits per heavy atom. The maximum atomic E-state index is 12.4. The fraction of sp³-hybridized carbons (Fsp3) is 0.0909. The van der Waals surface area contributed by atoms with Crippen LogP contribution in [0, 0.1) is 0 Å². The number of thiazole rings is 1. The number of carbonyl (C=O) groups excluding carboxylic acids is 2. The summed E-state index contributed by atoms with van der Waals surface area (Å²) in [6.07, 6.45) is 4.22. The van der Waals surface area contributed by atoms with Crippen molar-refractivity contribution >= 4 is 23.2 Å². The average Bonchev–Trinajstić information content (AvgIpc) is 3.44. The van der Waals surface area contributed by atoms with Gasteiger partial charge in [-0.1, -0.05) is 30.3 Å². The summed E-state index contributed by atoms with van der Waals surface area (Å²) in [6, 6.07) is 16.9. The van der Waals surface area contributed by atoms with Gasteiger partial charge in [-0.15, -0.1) is 11.3 Å². The van der Waals surface area contributed by atoms with E-state index in [2.05, 4.69) is 15.4 Å². The SMILES string of the molecule is NC(=O)c1cccc(CCNC(=O)c2csc(-c3cnn(-c4ccccc4)c3)n2)c1. The van der Waals surface area contributed by atoms with Crippen molar-refractivity contribution < 1.29 is 9.59 Å². The monoisotopic (exact) mass is 417 g/mol. The zero-order valence-electron chi connectivity index (χ0n) is 16.0. The van der Waals surface area contributed by atoms with E-state index in [4.69, 9.17) is 5.73 Å². The highest BCUT2D eigenvalue weighted by molar-refractivity contribution is 7.13. The molecule has 0 fully saturated rings. The van der Waals surface area contributed by atoms with Gasteiger partial charge in [-0.05, 0) is 36.2 Å². The zero-order valence-corrected chi connectivity index (χ0v) is 16.8. The van der Waals surface area contributed by atoms with Crippen LogP contribution in [-0.4, -0.2) is 33.1 Å². The third-order valence-corrected chi connectivity index (χ3v) is 5.39. The number of nitrogens with two attached hydrogens (primary N) is 1. The molecule has 2 aromatic carbocycles. The maximum absolute atomic E-state index is 12.4. The van der Waals surface area contributed by atoms with E-state index in [0.717, 1.165) is 21.8 Å². The highest BCUT2D eigenvalue weighted by Crippen LogP contribution is 2.24. The molecule has 4 rings (SSSR count). The molecule has 0 aliphatic carbocycles. The molecule has 3 N–H and O–H groups in total. The smallest absolute Gasteiger partial charge is 0.270 e. The molecule has 0 atom stereocenters. The lowest BCUT2D eigenvalue weighted by molar-refractivity contribution is 0.0948. The first-order chi connectivity index (χ1) is 14.6. The lowest BCUT2D eigenvalue weighted by Crippen LogP contribution is -2.26. The van der Waals surface area contributed by atoms with Gasteiger partial charge < -0.3 is 11.1 Å². The lowest BCUT2D eigenvalue weighted by atomic mass is 10.1. The fourth-order valence-electron chi connectivity index (χ4n) is 2.96. The molecular formula is C22H19N5O2S. The first-order valence-corrected chi connectivity index (χ1v) is 10.2. The van der Waals surface area contributed by atoms with Crippen LogP contribution in [0.2, 0.25) is 0 Å². The van der Waals surface area contributed by atoms with E-state index in [9.17, 15) is 9.59 Å². The van der Waals surface area contributed by atoms with Gasteiger partial charge in [-0.3, -0.25) is 9.59 Å². The van der Waals surface area contributed by atoms with Crippen LogP contribution >= 0.6 is 11.3 Å². The number of carbonyl (C=O) groups is 2. The van der Waals surface area contributed by atoms with Crippen LogP contribution < -0.4 is 11.1 Å². The van der Waals surface area contributed by atoms with Gasteiger partial charge in [0.1, 0.15) is 10.7 Å². The zero-order chi connectivity index (χ0) is 20.9. The first-order valence-electron chi connectivity index (χ1n) is 9.33. The molecule has 2 heterocycles. The van der Waals surface area contributed by atoms with Gasteiger partial charge in [-0.2, -0.15) is 5.10 Å². The van der Waals surface area contributed by atoms with Crippen LogP contribution in [-0.2, 0) is 6.42 Å². The molecule has 150 valence electrons. The number of primary amides is 1. The number of nitrogens with one attached hydrogen (secondary N) is 1. The van der Waals surface area contributed by atoms with Gasteiger partial charge >= 0.3 is 0 Å². The number of rotatable bonds is 7. The topological polar surface area (TPSA) is 103 Å². The average molecular weight is 417 g/mol. The second kappa shape index (κ2) is 8.71. The molecule has 0 spiro atoms. The second-order valence-corrected chi connectivity index (χ2v) is 7.48. The molecule has 0 aliphatic heterocycles. The van der Waals surface area contributed by atoms with E-state index in [0.29, 0.717) is 24.2 Å². The number of nitrogens with zero attached hydrogens (tertiary/aromatic N) is 3. The molecule has 2 amide bonds. The third kappa shape index (κ3) is 4.44. The van der Waals surface area contributed by atoms with Crippen molar-refractivity contribution in [3.8, 4) is 16.3 Å². The summed E-state index contributed by atoms with van der Waals surface area (Å²) in [5.74, 6) is -0.703. The molecule has 0 bridgehead atoms. The van der Waals surface area contributed by atoms with Crippen molar-refractivity contribution in [2.24, 2.45) is 5.73 Å². The fourth-order valence-corrected chi connectivity index (χ4v) is 3.73. The quantitative estimate of drug-likeness (QED) is 0.482. The minimum Gasteiger partial charge on any atom is -0.366 e. The Kier molecular flexibility index (Phi) is 5.67. The van der Waals surface area contributed by atoms with Crippen LogP contribution in [0.1, 0.15) is 26.4 Å². The van der Waals surface area contributed by atoms with E-state index in [-0.39, 0.29) is 5.91 Å². The molecule has 2 aromatic heterocycles. The standard InChI is InChI=1S/C22H19N5O2S/c23-20(28)16-6-4-5-15(11-16)9-10-24-21(29)19-14-30-22(26-19)17-12-25-27(13-17)18-7-2-1-3-8-18/h1-8,11-14H,9-10H2,(H2,23,28)(H,24,29). The summed E-state index contributed by atoms with van der Waals surface area (Å²) in [6.45, 7) is 0.430.